The van der Waals surface area contributed by atoms with Gasteiger partial charge in [-0.2, -0.15) is 0 Å². The van der Waals surface area contributed by atoms with Crippen LogP contribution >= 0.6 is 12.2 Å². The number of hydrogen-bond donors (Lipinski definition) is 2. The molecule has 0 aromatic heterocycles. The first-order valence-corrected chi connectivity index (χ1v) is 10.2. The highest BCUT2D eigenvalue weighted by Gasteiger charge is 2.09. The molecule has 0 aliphatic carbocycles. The monoisotopic (exact) mass is 416 g/mol. The Bertz CT molecular complexity index is 781. The Morgan fingerprint density at radius 2 is 1.72 bits per heavy atom. The Morgan fingerprint density at radius 3 is 2.45 bits per heavy atom. The van der Waals surface area contributed by atoms with Crippen molar-refractivity contribution in [3.63, 3.8) is 0 Å². The maximum absolute atomic E-state index is 12.4. The maximum atomic E-state index is 12.4. The largest absolute Gasteiger partial charge is 0.494 e. The number of amides is 1. The number of unbranched alkanes of at least 4 members (excludes halogenated alkanes) is 1. The molecule has 0 radical (unpaired) electrons. The lowest BCUT2D eigenvalue weighted by molar-refractivity contribution is 0.0977. The molecule has 156 valence electrons. The standard InChI is InChI=1S/C22H28N2O4S/c1-3-5-13-27-20-8-6-7-17(16-20)21(25)24-22(29)23-18-9-11-19(12-10-18)28-15-14-26-4-2/h6-12,16H,3-5,13-15H2,1-2H3,(H2,23,24,25,29). The molecule has 0 saturated heterocycles. The number of rotatable bonds is 11. The summed E-state index contributed by atoms with van der Waals surface area (Å²) in [5, 5.41) is 5.89. The van der Waals surface area contributed by atoms with E-state index in [0.29, 0.717) is 37.7 Å². The predicted octanol–water partition coefficient (Wildman–Crippen LogP) is 4.41. The van der Waals surface area contributed by atoms with Gasteiger partial charge in [-0.1, -0.05) is 19.4 Å². The summed E-state index contributed by atoms with van der Waals surface area (Å²) in [6.45, 7) is 6.40. The quantitative estimate of drug-likeness (QED) is 0.418. The molecule has 0 unspecified atom stereocenters. The van der Waals surface area contributed by atoms with E-state index < -0.39 is 0 Å². The van der Waals surface area contributed by atoms with Gasteiger partial charge in [-0.05, 0) is 68.0 Å². The number of carbonyl (C=O) groups is 1. The van der Waals surface area contributed by atoms with Crippen LogP contribution in [0, 0.1) is 0 Å². The number of nitrogens with one attached hydrogen (secondary N) is 2. The van der Waals surface area contributed by atoms with E-state index >= 15 is 0 Å². The van der Waals surface area contributed by atoms with E-state index in [1.165, 1.54) is 0 Å². The fourth-order valence-corrected chi connectivity index (χ4v) is 2.61. The zero-order valence-corrected chi connectivity index (χ0v) is 17.7. The number of hydrogen-bond acceptors (Lipinski definition) is 5. The Kier molecular flexibility index (Phi) is 9.95. The topological polar surface area (TPSA) is 68.8 Å². The SMILES string of the molecule is CCCCOc1cccc(C(=O)NC(=S)Nc2ccc(OCCOCC)cc2)c1. The summed E-state index contributed by atoms with van der Waals surface area (Å²) < 4.78 is 16.4. The van der Waals surface area contributed by atoms with Crippen LogP contribution in [0.4, 0.5) is 5.69 Å². The first-order valence-electron chi connectivity index (χ1n) is 9.78. The number of carbonyl (C=O) groups excluding carboxylic acids is 1. The third-order valence-electron chi connectivity index (χ3n) is 3.90. The van der Waals surface area contributed by atoms with Gasteiger partial charge in [0.15, 0.2) is 5.11 Å². The van der Waals surface area contributed by atoms with Crippen LogP contribution < -0.4 is 20.1 Å². The van der Waals surface area contributed by atoms with Crippen LogP contribution in [0.2, 0.25) is 0 Å². The summed E-state index contributed by atoms with van der Waals surface area (Å²) in [7, 11) is 0. The second kappa shape index (κ2) is 12.7. The highest BCUT2D eigenvalue weighted by Crippen LogP contribution is 2.16. The van der Waals surface area contributed by atoms with Crippen molar-refractivity contribution in [3.05, 3.63) is 54.1 Å². The molecule has 7 heteroatoms. The van der Waals surface area contributed by atoms with Gasteiger partial charge in [0, 0.05) is 17.9 Å². The summed E-state index contributed by atoms with van der Waals surface area (Å²) in [6.07, 6.45) is 2.03. The molecule has 0 atom stereocenters. The zero-order chi connectivity index (χ0) is 20.9. The van der Waals surface area contributed by atoms with Crippen molar-refractivity contribution in [1.29, 1.82) is 0 Å². The minimum absolute atomic E-state index is 0.220. The average Bonchev–Trinajstić information content (AvgIpc) is 2.73. The average molecular weight is 417 g/mol. The van der Waals surface area contributed by atoms with E-state index in [-0.39, 0.29) is 11.0 Å². The highest BCUT2D eigenvalue weighted by molar-refractivity contribution is 7.80. The van der Waals surface area contributed by atoms with E-state index in [4.69, 9.17) is 26.4 Å². The van der Waals surface area contributed by atoms with Crippen LogP contribution in [0.1, 0.15) is 37.0 Å². The lowest BCUT2D eigenvalue weighted by atomic mass is 10.2. The second-order valence-corrected chi connectivity index (χ2v) is 6.62. The summed E-state index contributed by atoms with van der Waals surface area (Å²) in [5.41, 5.74) is 1.24. The molecule has 2 aromatic carbocycles. The van der Waals surface area contributed by atoms with Gasteiger partial charge in [-0.3, -0.25) is 10.1 Å². The van der Waals surface area contributed by atoms with Crippen molar-refractivity contribution in [2.45, 2.75) is 26.7 Å². The third kappa shape index (κ3) is 8.50. The van der Waals surface area contributed by atoms with E-state index in [2.05, 4.69) is 17.6 Å². The molecular weight excluding hydrogens is 388 g/mol. The smallest absolute Gasteiger partial charge is 0.257 e. The minimum Gasteiger partial charge on any atom is -0.494 e. The van der Waals surface area contributed by atoms with Gasteiger partial charge in [-0.25, -0.2) is 0 Å². The van der Waals surface area contributed by atoms with Gasteiger partial charge < -0.3 is 19.5 Å². The third-order valence-corrected chi connectivity index (χ3v) is 4.11. The van der Waals surface area contributed by atoms with Gasteiger partial charge >= 0.3 is 0 Å². The van der Waals surface area contributed by atoms with Gasteiger partial charge in [-0.15, -0.1) is 0 Å². The molecule has 2 rings (SSSR count). The maximum Gasteiger partial charge on any atom is 0.257 e. The minimum atomic E-state index is -0.292. The molecule has 2 N–H and O–H groups in total. The molecule has 6 nitrogen and oxygen atoms in total. The van der Waals surface area contributed by atoms with Crippen LogP contribution in [-0.2, 0) is 4.74 Å². The van der Waals surface area contributed by atoms with Gasteiger partial charge in [0.05, 0.1) is 13.2 Å². The first-order chi connectivity index (χ1) is 14.1. The number of benzene rings is 2. The lowest BCUT2D eigenvalue weighted by Crippen LogP contribution is -2.34. The summed E-state index contributed by atoms with van der Waals surface area (Å²) in [4.78, 5) is 12.4. The number of ether oxygens (including phenoxy) is 3. The van der Waals surface area contributed by atoms with Crippen LogP contribution in [0.5, 0.6) is 11.5 Å². The number of thiocarbonyl (C=S) groups is 1. The van der Waals surface area contributed by atoms with Crippen molar-refractivity contribution in [2.24, 2.45) is 0 Å². The Hall–Kier alpha value is -2.64. The van der Waals surface area contributed by atoms with Crippen molar-refractivity contribution in [3.8, 4) is 11.5 Å². The molecule has 0 fully saturated rings. The van der Waals surface area contributed by atoms with Crippen LogP contribution in [0.15, 0.2) is 48.5 Å². The van der Waals surface area contributed by atoms with Gasteiger partial charge in [0.25, 0.3) is 5.91 Å². The molecule has 0 spiro atoms. The summed E-state index contributed by atoms with van der Waals surface area (Å²) in [5.74, 6) is 1.12. The van der Waals surface area contributed by atoms with Crippen LogP contribution in [-0.4, -0.2) is 37.4 Å². The van der Waals surface area contributed by atoms with Crippen LogP contribution in [0.25, 0.3) is 0 Å². The van der Waals surface area contributed by atoms with Gasteiger partial charge in [0.1, 0.15) is 18.1 Å². The summed E-state index contributed by atoms with van der Waals surface area (Å²) >= 11 is 5.24. The molecule has 0 aliphatic heterocycles. The van der Waals surface area contributed by atoms with Crippen molar-refractivity contribution in [1.82, 2.24) is 5.32 Å². The van der Waals surface area contributed by atoms with Crippen molar-refractivity contribution < 1.29 is 19.0 Å². The molecule has 1 amide bonds. The van der Waals surface area contributed by atoms with E-state index in [0.717, 1.165) is 24.3 Å². The normalized spacial score (nSPS) is 10.3. The van der Waals surface area contributed by atoms with Crippen molar-refractivity contribution >= 4 is 28.9 Å². The Balaban J connectivity index is 1.82. The van der Waals surface area contributed by atoms with Crippen LogP contribution in [0.3, 0.4) is 0 Å². The van der Waals surface area contributed by atoms with Crippen molar-refractivity contribution in [2.75, 3.05) is 31.7 Å². The molecule has 29 heavy (non-hydrogen) atoms. The zero-order valence-electron chi connectivity index (χ0n) is 16.9. The van der Waals surface area contributed by atoms with E-state index in [1.54, 1.807) is 18.2 Å². The van der Waals surface area contributed by atoms with Gasteiger partial charge in [0.2, 0.25) is 0 Å². The van der Waals surface area contributed by atoms with E-state index in [9.17, 15) is 4.79 Å². The Morgan fingerprint density at radius 1 is 0.966 bits per heavy atom. The fraction of sp³-hybridized carbons (Fsp3) is 0.364. The molecule has 2 aromatic rings. The van der Waals surface area contributed by atoms with E-state index in [1.807, 2.05) is 37.3 Å². The second-order valence-electron chi connectivity index (χ2n) is 6.21. The number of anilines is 1. The molecule has 0 aliphatic rings. The first kappa shape index (κ1) is 22.6. The molecule has 0 heterocycles. The highest BCUT2D eigenvalue weighted by atomic mass is 32.1. The molecule has 0 saturated carbocycles. The predicted molar refractivity (Wildman–Crippen MR) is 119 cm³/mol. The fourth-order valence-electron chi connectivity index (χ4n) is 2.40. The summed E-state index contributed by atoms with van der Waals surface area (Å²) in [6, 6.07) is 14.4. The molecule has 0 bridgehead atoms. The lowest BCUT2D eigenvalue weighted by Gasteiger charge is -2.11. The molecular formula is C22H28N2O4S. The Labute approximate surface area is 177 Å².